The molecule has 1 amide bonds. The summed E-state index contributed by atoms with van der Waals surface area (Å²) >= 11 is 0. The number of rotatable bonds is 10. The second-order valence-electron chi connectivity index (χ2n) is 4.15. The number of aromatic nitrogens is 3. The Morgan fingerprint density at radius 2 is 1.90 bits per heavy atom. The molecule has 0 unspecified atom stereocenters. The van der Waals surface area contributed by atoms with Gasteiger partial charge < -0.3 is 26.0 Å². The minimum Gasteiger partial charge on any atom is -0.370 e. The number of nitrogens with two attached hydrogens (primary N) is 1. The largest absolute Gasteiger partial charge is 0.370 e. The van der Waals surface area contributed by atoms with Crippen LogP contribution in [0.2, 0.25) is 0 Å². The Morgan fingerprint density at radius 3 is 2.48 bits per heavy atom. The van der Waals surface area contributed by atoms with E-state index in [1.54, 1.807) is 7.05 Å². The molecule has 0 aliphatic rings. The summed E-state index contributed by atoms with van der Waals surface area (Å²) in [7, 11) is 1.75. The Morgan fingerprint density at radius 1 is 1.24 bits per heavy atom. The van der Waals surface area contributed by atoms with Crippen molar-refractivity contribution >= 4 is 23.8 Å². The predicted octanol–water partition coefficient (Wildman–Crippen LogP) is -0.327. The van der Waals surface area contributed by atoms with Gasteiger partial charge in [0.15, 0.2) is 0 Å². The number of hydrogen-bond acceptors (Lipinski definition) is 8. The number of carbonyl (C=O) groups is 1. The second kappa shape index (κ2) is 8.90. The van der Waals surface area contributed by atoms with E-state index in [0.717, 1.165) is 13.1 Å². The quantitative estimate of drug-likeness (QED) is 0.503. The molecule has 21 heavy (non-hydrogen) atoms. The van der Waals surface area contributed by atoms with Crippen molar-refractivity contribution in [2.45, 2.75) is 13.8 Å². The number of ether oxygens (including phenoxy) is 1. The van der Waals surface area contributed by atoms with Gasteiger partial charge >= 0.3 is 0 Å². The van der Waals surface area contributed by atoms with Gasteiger partial charge in [-0.25, -0.2) is 0 Å². The van der Waals surface area contributed by atoms with E-state index in [1.807, 2.05) is 18.7 Å². The average molecular weight is 297 g/mol. The first-order valence-electron chi connectivity index (χ1n) is 6.89. The molecule has 0 bridgehead atoms. The fourth-order valence-electron chi connectivity index (χ4n) is 1.61. The fourth-order valence-corrected chi connectivity index (χ4v) is 1.61. The average Bonchev–Trinajstić information content (AvgIpc) is 2.47. The van der Waals surface area contributed by atoms with E-state index < -0.39 is 5.91 Å². The van der Waals surface area contributed by atoms with Crippen molar-refractivity contribution in [2.24, 2.45) is 5.73 Å². The molecule has 1 aromatic rings. The highest BCUT2D eigenvalue weighted by molar-refractivity contribution is 5.74. The van der Waals surface area contributed by atoms with Crippen LogP contribution in [0.3, 0.4) is 0 Å². The number of amides is 1. The van der Waals surface area contributed by atoms with E-state index in [1.165, 1.54) is 0 Å². The van der Waals surface area contributed by atoms with E-state index in [4.69, 9.17) is 10.5 Å². The summed E-state index contributed by atoms with van der Waals surface area (Å²) < 4.78 is 5.06. The van der Waals surface area contributed by atoms with Gasteiger partial charge in [0, 0.05) is 26.7 Å². The topological polar surface area (TPSA) is 118 Å². The normalized spacial score (nSPS) is 10.2. The molecular formula is C12H23N7O2. The summed E-state index contributed by atoms with van der Waals surface area (Å²) in [6.07, 6.45) is 0. The Balaban J connectivity index is 2.64. The van der Waals surface area contributed by atoms with Crippen molar-refractivity contribution in [3.8, 4) is 0 Å². The van der Waals surface area contributed by atoms with Crippen molar-refractivity contribution in [3.05, 3.63) is 0 Å². The lowest BCUT2D eigenvalue weighted by Gasteiger charge is -2.19. The van der Waals surface area contributed by atoms with Gasteiger partial charge in [-0.2, -0.15) is 15.0 Å². The summed E-state index contributed by atoms with van der Waals surface area (Å²) in [5, 5.41) is 5.94. The number of anilines is 3. The van der Waals surface area contributed by atoms with Gasteiger partial charge in [-0.15, -0.1) is 0 Å². The summed E-state index contributed by atoms with van der Waals surface area (Å²) in [5.74, 6) is 1.07. The van der Waals surface area contributed by atoms with Crippen LogP contribution in [0.4, 0.5) is 17.8 Å². The van der Waals surface area contributed by atoms with Crippen LogP contribution in [0.15, 0.2) is 0 Å². The van der Waals surface area contributed by atoms with E-state index in [9.17, 15) is 4.79 Å². The molecule has 0 spiro atoms. The summed E-state index contributed by atoms with van der Waals surface area (Å²) in [6, 6.07) is 0. The summed E-state index contributed by atoms with van der Waals surface area (Å²) in [5.41, 5.74) is 4.98. The van der Waals surface area contributed by atoms with Crippen LogP contribution in [-0.2, 0) is 9.53 Å². The lowest BCUT2D eigenvalue weighted by atomic mass is 10.5. The smallest absolute Gasteiger partial charge is 0.243 e. The molecule has 0 aliphatic carbocycles. The summed E-state index contributed by atoms with van der Waals surface area (Å²) in [4.78, 5) is 25.5. The zero-order valence-electron chi connectivity index (χ0n) is 12.7. The molecule has 0 saturated carbocycles. The molecule has 118 valence electrons. The van der Waals surface area contributed by atoms with Crippen molar-refractivity contribution in [1.82, 2.24) is 15.0 Å². The minimum absolute atomic E-state index is 0.0919. The van der Waals surface area contributed by atoms with Gasteiger partial charge in [-0.3, -0.25) is 4.79 Å². The number of nitrogens with zero attached hydrogens (tertiary/aromatic N) is 4. The van der Waals surface area contributed by atoms with E-state index in [0.29, 0.717) is 31.0 Å². The van der Waals surface area contributed by atoms with Gasteiger partial charge in [-0.1, -0.05) is 0 Å². The van der Waals surface area contributed by atoms with Crippen LogP contribution in [0.5, 0.6) is 0 Å². The third-order valence-electron chi connectivity index (χ3n) is 2.67. The van der Waals surface area contributed by atoms with Crippen LogP contribution in [0.1, 0.15) is 13.8 Å². The van der Waals surface area contributed by atoms with Gasteiger partial charge in [0.25, 0.3) is 0 Å². The zero-order chi connectivity index (χ0) is 15.7. The lowest BCUT2D eigenvalue weighted by molar-refractivity contribution is -0.122. The molecular weight excluding hydrogens is 274 g/mol. The van der Waals surface area contributed by atoms with Crippen LogP contribution < -0.4 is 21.3 Å². The number of nitrogens with one attached hydrogen (secondary N) is 2. The minimum atomic E-state index is -0.489. The third-order valence-corrected chi connectivity index (χ3v) is 2.67. The van der Waals surface area contributed by atoms with E-state index >= 15 is 0 Å². The highest BCUT2D eigenvalue weighted by Crippen LogP contribution is 2.12. The second-order valence-corrected chi connectivity index (χ2v) is 4.15. The van der Waals surface area contributed by atoms with E-state index in [2.05, 4.69) is 25.6 Å². The standard InChI is InChI=1S/C12H23N7O2/c1-4-19(5-2)12-17-10(14-3)16-11(18-12)15-6-7-21-8-9(13)20/h4-8H2,1-3H3,(H2,13,20)(H2,14,15,16,17,18). The van der Waals surface area contributed by atoms with Crippen LogP contribution in [0, 0.1) is 0 Å². The monoisotopic (exact) mass is 297 g/mol. The lowest BCUT2D eigenvalue weighted by Crippen LogP contribution is -2.26. The number of hydrogen-bond donors (Lipinski definition) is 3. The Bertz CT molecular complexity index is 451. The first kappa shape index (κ1) is 16.9. The van der Waals surface area contributed by atoms with Gasteiger partial charge in [0.2, 0.25) is 23.8 Å². The maximum atomic E-state index is 10.5. The van der Waals surface area contributed by atoms with Crippen molar-refractivity contribution in [3.63, 3.8) is 0 Å². The maximum absolute atomic E-state index is 10.5. The van der Waals surface area contributed by atoms with Crippen LogP contribution >= 0.6 is 0 Å². The molecule has 9 nitrogen and oxygen atoms in total. The van der Waals surface area contributed by atoms with Gasteiger partial charge in [0.05, 0.1) is 6.61 Å². The van der Waals surface area contributed by atoms with E-state index in [-0.39, 0.29) is 6.61 Å². The Labute approximate surface area is 124 Å². The molecule has 0 atom stereocenters. The molecule has 4 N–H and O–H groups in total. The van der Waals surface area contributed by atoms with Gasteiger partial charge in [-0.05, 0) is 13.8 Å². The first-order chi connectivity index (χ1) is 10.1. The molecule has 0 saturated heterocycles. The van der Waals surface area contributed by atoms with Crippen LogP contribution in [-0.4, -0.2) is 60.8 Å². The number of carbonyl (C=O) groups excluding carboxylic acids is 1. The highest BCUT2D eigenvalue weighted by Gasteiger charge is 2.10. The molecule has 0 aromatic carbocycles. The SMILES string of the molecule is CCN(CC)c1nc(NC)nc(NCCOCC(N)=O)n1. The molecule has 0 aliphatic heterocycles. The predicted molar refractivity (Wildman–Crippen MR) is 81.4 cm³/mol. The van der Waals surface area contributed by atoms with Crippen molar-refractivity contribution in [1.29, 1.82) is 0 Å². The molecule has 9 heteroatoms. The Kier molecular flexibility index (Phi) is 7.16. The molecule has 1 aromatic heterocycles. The zero-order valence-corrected chi connectivity index (χ0v) is 12.7. The van der Waals surface area contributed by atoms with Crippen LogP contribution in [0.25, 0.3) is 0 Å². The van der Waals surface area contributed by atoms with Gasteiger partial charge in [0.1, 0.15) is 6.61 Å². The molecule has 1 rings (SSSR count). The third kappa shape index (κ3) is 5.78. The maximum Gasteiger partial charge on any atom is 0.243 e. The van der Waals surface area contributed by atoms with Crippen molar-refractivity contribution < 1.29 is 9.53 Å². The molecule has 1 heterocycles. The Hall–Kier alpha value is -2.16. The summed E-state index contributed by atoms with van der Waals surface area (Å²) in [6.45, 7) is 6.41. The molecule has 0 fully saturated rings. The number of primary amides is 1. The highest BCUT2D eigenvalue weighted by atomic mass is 16.5. The first-order valence-corrected chi connectivity index (χ1v) is 6.89. The fraction of sp³-hybridized carbons (Fsp3) is 0.667. The molecule has 0 radical (unpaired) electrons. The van der Waals surface area contributed by atoms with Crippen molar-refractivity contribution in [2.75, 3.05) is 55.4 Å².